The number of nitrogen functional groups attached to an aromatic ring is 1. The lowest BCUT2D eigenvalue weighted by atomic mass is 9.99. The molecule has 3 rings (SSSR count). The number of methoxy groups -OCH3 is 1. The maximum atomic E-state index is 6.26. The van der Waals surface area contributed by atoms with Gasteiger partial charge in [-0.3, -0.25) is 0 Å². The molecule has 1 atom stereocenters. The lowest BCUT2D eigenvalue weighted by Gasteiger charge is -2.11. The van der Waals surface area contributed by atoms with E-state index < -0.39 is 0 Å². The van der Waals surface area contributed by atoms with Crippen LogP contribution in [0.1, 0.15) is 17.2 Å². The predicted molar refractivity (Wildman–Crippen MR) is 72.2 cm³/mol. The van der Waals surface area contributed by atoms with Crippen LogP contribution in [0.15, 0.2) is 23.3 Å². The summed E-state index contributed by atoms with van der Waals surface area (Å²) in [7, 11) is 1.53. The Morgan fingerprint density at radius 2 is 2.21 bits per heavy atom. The first-order valence-corrected chi connectivity index (χ1v) is 5.94. The number of anilines is 1. The second kappa shape index (κ2) is 4.47. The van der Waals surface area contributed by atoms with Gasteiger partial charge in [-0.05, 0) is 6.07 Å². The van der Waals surface area contributed by atoms with Crippen molar-refractivity contribution in [1.29, 1.82) is 0 Å². The molecule has 0 aliphatic carbocycles. The van der Waals surface area contributed by atoms with Crippen LogP contribution in [0, 0.1) is 0 Å². The SMILES string of the molecule is COc1cc(Cl)c2c(n1)N=CC2c1ccnc(N)n1. The summed E-state index contributed by atoms with van der Waals surface area (Å²) in [5.74, 6) is 1.04. The maximum Gasteiger partial charge on any atom is 0.220 e. The molecule has 0 amide bonds. The van der Waals surface area contributed by atoms with Crippen LogP contribution in [-0.4, -0.2) is 28.3 Å². The summed E-state index contributed by atoms with van der Waals surface area (Å²) in [4.78, 5) is 16.6. The molecule has 1 unspecified atom stereocenters. The van der Waals surface area contributed by atoms with Crippen molar-refractivity contribution < 1.29 is 4.74 Å². The van der Waals surface area contributed by atoms with Gasteiger partial charge in [0.05, 0.1) is 23.7 Å². The van der Waals surface area contributed by atoms with Crippen LogP contribution in [-0.2, 0) is 0 Å². The highest BCUT2D eigenvalue weighted by Gasteiger charge is 2.27. The summed E-state index contributed by atoms with van der Waals surface area (Å²) in [6.07, 6.45) is 3.35. The van der Waals surface area contributed by atoms with E-state index in [1.165, 1.54) is 7.11 Å². The Kier molecular flexibility index (Phi) is 2.79. The number of fused-ring (bicyclic) bond motifs is 1. The van der Waals surface area contributed by atoms with Crippen molar-refractivity contribution >= 4 is 29.6 Å². The molecule has 0 bridgehead atoms. The van der Waals surface area contributed by atoms with Gasteiger partial charge in [-0.15, -0.1) is 0 Å². The molecule has 7 heteroatoms. The zero-order valence-electron chi connectivity index (χ0n) is 10.0. The number of pyridine rings is 1. The fourth-order valence-corrected chi connectivity index (χ4v) is 2.28. The van der Waals surface area contributed by atoms with E-state index in [9.17, 15) is 0 Å². The van der Waals surface area contributed by atoms with Gasteiger partial charge in [0.15, 0.2) is 5.82 Å². The van der Waals surface area contributed by atoms with Gasteiger partial charge in [0.1, 0.15) is 0 Å². The van der Waals surface area contributed by atoms with Crippen molar-refractivity contribution in [3.8, 4) is 5.88 Å². The Morgan fingerprint density at radius 3 is 2.95 bits per heavy atom. The summed E-state index contributed by atoms with van der Waals surface area (Å²) in [6.45, 7) is 0. The first kappa shape index (κ1) is 11.9. The molecule has 2 aromatic rings. The molecule has 0 aromatic carbocycles. The molecule has 0 spiro atoms. The van der Waals surface area contributed by atoms with Crippen LogP contribution in [0.4, 0.5) is 11.8 Å². The zero-order valence-corrected chi connectivity index (χ0v) is 10.8. The summed E-state index contributed by atoms with van der Waals surface area (Å²) in [6, 6.07) is 3.44. The Balaban J connectivity index is 2.10. The Labute approximate surface area is 114 Å². The van der Waals surface area contributed by atoms with E-state index in [0.29, 0.717) is 16.7 Å². The molecule has 3 heterocycles. The van der Waals surface area contributed by atoms with Crippen molar-refractivity contribution in [1.82, 2.24) is 15.0 Å². The Bertz CT molecular complexity index is 673. The first-order valence-electron chi connectivity index (χ1n) is 5.56. The van der Waals surface area contributed by atoms with Crippen LogP contribution >= 0.6 is 11.6 Å². The Morgan fingerprint density at radius 1 is 1.37 bits per heavy atom. The zero-order chi connectivity index (χ0) is 13.4. The third-order valence-electron chi connectivity index (χ3n) is 2.84. The molecule has 1 aliphatic rings. The van der Waals surface area contributed by atoms with Gasteiger partial charge in [0.2, 0.25) is 11.8 Å². The highest BCUT2D eigenvalue weighted by Crippen LogP contribution is 2.40. The molecule has 2 N–H and O–H groups in total. The van der Waals surface area contributed by atoms with Crippen LogP contribution in [0.2, 0.25) is 5.02 Å². The summed E-state index contributed by atoms with van der Waals surface area (Å²) in [5, 5.41) is 0.543. The minimum Gasteiger partial charge on any atom is -0.481 e. The second-order valence-electron chi connectivity index (χ2n) is 3.98. The quantitative estimate of drug-likeness (QED) is 0.905. The molecule has 0 saturated heterocycles. The van der Waals surface area contributed by atoms with E-state index in [1.807, 2.05) is 0 Å². The van der Waals surface area contributed by atoms with E-state index in [0.717, 1.165) is 11.3 Å². The van der Waals surface area contributed by atoms with E-state index in [2.05, 4.69) is 19.9 Å². The minimum atomic E-state index is -0.161. The Hall–Kier alpha value is -2.21. The van der Waals surface area contributed by atoms with Crippen LogP contribution in [0.5, 0.6) is 5.88 Å². The van der Waals surface area contributed by atoms with Crippen molar-refractivity contribution in [3.63, 3.8) is 0 Å². The third-order valence-corrected chi connectivity index (χ3v) is 3.16. The number of aliphatic imine (C=N–C) groups is 1. The monoisotopic (exact) mass is 275 g/mol. The highest BCUT2D eigenvalue weighted by molar-refractivity contribution is 6.32. The topological polar surface area (TPSA) is 86.3 Å². The molecule has 96 valence electrons. The number of halogens is 1. The van der Waals surface area contributed by atoms with Gasteiger partial charge in [0, 0.05) is 24.0 Å². The molecule has 0 fully saturated rings. The van der Waals surface area contributed by atoms with Gasteiger partial charge in [0.25, 0.3) is 0 Å². The third kappa shape index (κ3) is 2.00. The van der Waals surface area contributed by atoms with Gasteiger partial charge in [-0.1, -0.05) is 11.6 Å². The number of hydrogen-bond donors (Lipinski definition) is 1. The van der Waals surface area contributed by atoms with E-state index in [4.69, 9.17) is 22.1 Å². The standard InChI is InChI=1S/C12H10ClN5O/c1-19-9-4-7(13)10-6(5-16-11(10)18-9)8-2-3-15-12(14)17-8/h2-6H,1H3,(H2,14,15,17). The van der Waals surface area contributed by atoms with E-state index >= 15 is 0 Å². The predicted octanol–water partition coefficient (Wildman–Crippen LogP) is 1.96. The van der Waals surface area contributed by atoms with Gasteiger partial charge >= 0.3 is 0 Å². The number of hydrogen-bond acceptors (Lipinski definition) is 6. The van der Waals surface area contributed by atoms with E-state index in [-0.39, 0.29) is 11.9 Å². The lowest BCUT2D eigenvalue weighted by molar-refractivity contribution is 0.398. The smallest absolute Gasteiger partial charge is 0.220 e. The summed E-state index contributed by atoms with van der Waals surface area (Å²) >= 11 is 6.26. The molecular formula is C12H10ClN5O. The minimum absolute atomic E-state index is 0.161. The summed E-state index contributed by atoms with van der Waals surface area (Å²) in [5.41, 5.74) is 7.14. The van der Waals surface area contributed by atoms with Gasteiger partial charge in [-0.2, -0.15) is 4.98 Å². The summed E-state index contributed by atoms with van der Waals surface area (Å²) < 4.78 is 5.07. The second-order valence-corrected chi connectivity index (χ2v) is 4.39. The molecule has 2 aromatic heterocycles. The number of ether oxygens (including phenoxy) is 1. The normalized spacial score (nSPS) is 16.4. The van der Waals surface area contributed by atoms with Crippen LogP contribution in [0.3, 0.4) is 0 Å². The number of rotatable bonds is 2. The lowest BCUT2D eigenvalue weighted by Crippen LogP contribution is -2.06. The fraction of sp³-hybridized carbons (Fsp3) is 0.167. The first-order chi connectivity index (χ1) is 9.19. The molecule has 0 radical (unpaired) electrons. The van der Waals surface area contributed by atoms with Crippen molar-refractivity contribution in [2.45, 2.75) is 5.92 Å². The molecular weight excluding hydrogens is 266 g/mol. The van der Waals surface area contributed by atoms with Crippen LogP contribution in [0.25, 0.3) is 0 Å². The van der Waals surface area contributed by atoms with Crippen molar-refractivity contribution in [2.75, 3.05) is 12.8 Å². The van der Waals surface area contributed by atoms with Gasteiger partial charge in [-0.25, -0.2) is 15.0 Å². The van der Waals surface area contributed by atoms with Gasteiger partial charge < -0.3 is 10.5 Å². The largest absolute Gasteiger partial charge is 0.481 e. The number of nitrogens with zero attached hydrogens (tertiary/aromatic N) is 4. The fourth-order valence-electron chi connectivity index (χ4n) is 1.99. The molecule has 0 saturated carbocycles. The molecule has 1 aliphatic heterocycles. The average Bonchev–Trinajstić information content (AvgIpc) is 2.83. The highest BCUT2D eigenvalue weighted by atomic mass is 35.5. The van der Waals surface area contributed by atoms with E-state index in [1.54, 1.807) is 24.5 Å². The molecule has 19 heavy (non-hydrogen) atoms. The maximum absolute atomic E-state index is 6.26. The molecule has 6 nitrogen and oxygen atoms in total. The number of nitrogens with two attached hydrogens (primary N) is 1. The van der Waals surface area contributed by atoms with Crippen LogP contribution < -0.4 is 10.5 Å². The average molecular weight is 276 g/mol. The van der Waals surface area contributed by atoms with Crippen molar-refractivity contribution in [3.05, 3.63) is 34.6 Å². The van der Waals surface area contributed by atoms with Crippen molar-refractivity contribution in [2.24, 2.45) is 4.99 Å². The number of aromatic nitrogens is 3.